The molecule has 5 nitrogen and oxygen atoms in total. The summed E-state index contributed by atoms with van der Waals surface area (Å²) < 4.78 is 11.1. The third kappa shape index (κ3) is 4.23. The molecule has 3 aliphatic rings. The molecule has 124 valence electrons. The van der Waals surface area contributed by atoms with Gasteiger partial charge in [-0.3, -0.25) is 0 Å². The summed E-state index contributed by atoms with van der Waals surface area (Å²) in [6, 6.07) is 0.0912. The number of rotatable bonds is 6. The Labute approximate surface area is 133 Å². The van der Waals surface area contributed by atoms with Gasteiger partial charge in [-0.05, 0) is 43.9 Å². The first kappa shape index (κ1) is 15.8. The van der Waals surface area contributed by atoms with E-state index in [1.54, 1.807) is 0 Å². The largest absolute Gasteiger partial charge is 0.379 e. The lowest BCUT2D eigenvalue weighted by Gasteiger charge is -2.17. The Bertz CT molecular complexity index is 377. The zero-order valence-corrected chi connectivity index (χ0v) is 13.3. The fourth-order valence-corrected chi connectivity index (χ4v) is 3.65. The summed E-state index contributed by atoms with van der Waals surface area (Å²) in [5.41, 5.74) is 0. The van der Waals surface area contributed by atoms with Gasteiger partial charge in [-0.25, -0.2) is 4.79 Å². The van der Waals surface area contributed by atoms with Gasteiger partial charge in [0.05, 0.1) is 12.7 Å². The van der Waals surface area contributed by atoms with Crippen LogP contribution in [0.15, 0.2) is 12.2 Å². The number of nitrogens with zero attached hydrogens (tertiary/aromatic N) is 1. The minimum absolute atomic E-state index is 0.0912. The third-order valence-electron chi connectivity index (χ3n) is 4.98. The number of allylic oxidation sites excluding steroid dienone is 2. The van der Waals surface area contributed by atoms with Gasteiger partial charge in [-0.2, -0.15) is 0 Å². The Morgan fingerprint density at radius 3 is 2.73 bits per heavy atom. The highest BCUT2D eigenvalue weighted by Crippen LogP contribution is 2.32. The lowest BCUT2D eigenvalue weighted by Crippen LogP contribution is -2.39. The molecule has 0 aromatic carbocycles. The molecule has 0 aromatic rings. The Morgan fingerprint density at radius 2 is 2.05 bits per heavy atom. The van der Waals surface area contributed by atoms with E-state index in [1.807, 2.05) is 4.90 Å². The Hall–Kier alpha value is -1.07. The SMILES string of the molecule is O=C(NCCCOC[C@@H]1CCCO1)N1C[C@@H]2CC=CC[C@H]2C1. The van der Waals surface area contributed by atoms with E-state index in [-0.39, 0.29) is 12.1 Å². The van der Waals surface area contributed by atoms with Crippen molar-refractivity contribution in [3.63, 3.8) is 0 Å². The highest BCUT2D eigenvalue weighted by Gasteiger charge is 2.34. The van der Waals surface area contributed by atoms with Crippen LogP contribution in [-0.2, 0) is 9.47 Å². The number of fused-ring (bicyclic) bond motifs is 1. The molecule has 3 atom stereocenters. The third-order valence-corrected chi connectivity index (χ3v) is 4.98. The van der Waals surface area contributed by atoms with Crippen LogP contribution < -0.4 is 5.32 Å². The van der Waals surface area contributed by atoms with E-state index in [4.69, 9.17) is 9.47 Å². The highest BCUT2D eigenvalue weighted by molar-refractivity contribution is 5.74. The van der Waals surface area contributed by atoms with E-state index in [0.717, 1.165) is 51.8 Å². The number of nitrogens with one attached hydrogen (secondary N) is 1. The van der Waals surface area contributed by atoms with Crippen LogP contribution in [0.25, 0.3) is 0 Å². The number of amides is 2. The molecule has 5 heteroatoms. The second-order valence-corrected chi connectivity index (χ2v) is 6.66. The van der Waals surface area contributed by atoms with Crippen molar-refractivity contribution < 1.29 is 14.3 Å². The molecule has 0 saturated carbocycles. The molecular weight excluding hydrogens is 280 g/mol. The first-order chi connectivity index (χ1) is 10.8. The Kier molecular flexibility index (Phi) is 5.73. The quantitative estimate of drug-likeness (QED) is 0.604. The topological polar surface area (TPSA) is 50.8 Å². The summed E-state index contributed by atoms with van der Waals surface area (Å²) in [5.74, 6) is 1.34. The first-order valence-corrected chi connectivity index (χ1v) is 8.70. The maximum atomic E-state index is 12.2. The molecule has 2 amide bonds. The molecular formula is C17H28N2O3. The maximum absolute atomic E-state index is 12.2. The second kappa shape index (κ2) is 7.97. The van der Waals surface area contributed by atoms with Crippen LogP contribution in [0.1, 0.15) is 32.1 Å². The summed E-state index contributed by atoms with van der Waals surface area (Å²) in [7, 11) is 0. The van der Waals surface area contributed by atoms with E-state index >= 15 is 0 Å². The molecule has 3 rings (SSSR count). The highest BCUT2D eigenvalue weighted by atomic mass is 16.5. The molecule has 0 radical (unpaired) electrons. The van der Waals surface area contributed by atoms with Gasteiger partial charge in [0, 0.05) is 32.8 Å². The lowest BCUT2D eigenvalue weighted by atomic mass is 9.86. The number of hydrogen-bond donors (Lipinski definition) is 1. The van der Waals surface area contributed by atoms with E-state index in [2.05, 4.69) is 17.5 Å². The summed E-state index contributed by atoms with van der Waals surface area (Å²) in [6.07, 6.45) is 10.2. The van der Waals surface area contributed by atoms with Crippen LogP contribution in [0.2, 0.25) is 0 Å². The van der Waals surface area contributed by atoms with Gasteiger partial charge in [0.25, 0.3) is 0 Å². The number of likely N-dealkylation sites (tertiary alicyclic amines) is 1. The van der Waals surface area contributed by atoms with Crippen molar-refractivity contribution >= 4 is 6.03 Å². The van der Waals surface area contributed by atoms with Gasteiger partial charge < -0.3 is 19.7 Å². The predicted molar refractivity (Wildman–Crippen MR) is 84.7 cm³/mol. The minimum atomic E-state index is 0.0912. The number of urea groups is 1. The van der Waals surface area contributed by atoms with Gasteiger partial charge in [0.1, 0.15) is 0 Å². The van der Waals surface area contributed by atoms with Crippen LogP contribution >= 0.6 is 0 Å². The van der Waals surface area contributed by atoms with Crippen molar-refractivity contribution in [3.8, 4) is 0 Å². The minimum Gasteiger partial charge on any atom is -0.379 e. The predicted octanol–water partition coefficient (Wildman–Crippen LogP) is 2.18. The lowest BCUT2D eigenvalue weighted by molar-refractivity contribution is 0.0167. The van der Waals surface area contributed by atoms with Gasteiger partial charge in [0.15, 0.2) is 0 Å². The van der Waals surface area contributed by atoms with E-state index in [0.29, 0.717) is 31.6 Å². The molecule has 0 spiro atoms. The van der Waals surface area contributed by atoms with Crippen molar-refractivity contribution in [1.29, 1.82) is 0 Å². The monoisotopic (exact) mass is 308 g/mol. The standard InChI is InChI=1S/C17H28N2O3/c20-17(19-11-14-5-1-2-6-15(14)12-19)18-8-4-9-21-13-16-7-3-10-22-16/h1-2,14-16H,3-13H2,(H,18,20)/t14-,15-,16-/m0/s1. The second-order valence-electron chi connectivity index (χ2n) is 6.66. The fraction of sp³-hybridized carbons (Fsp3) is 0.824. The molecule has 0 bridgehead atoms. The van der Waals surface area contributed by atoms with Gasteiger partial charge in [-0.1, -0.05) is 12.2 Å². The molecule has 0 aromatic heterocycles. The van der Waals surface area contributed by atoms with Crippen LogP contribution in [0, 0.1) is 11.8 Å². The molecule has 2 aliphatic heterocycles. The van der Waals surface area contributed by atoms with Crippen molar-refractivity contribution in [2.75, 3.05) is 39.5 Å². The number of carbonyl (C=O) groups is 1. The van der Waals surface area contributed by atoms with Crippen molar-refractivity contribution in [2.24, 2.45) is 11.8 Å². The smallest absolute Gasteiger partial charge is 0.317 e. The molecule has 22 heavy (non-hydrogen) atoms. The zero-order chi connectivity index (χ0) is 15.2. The van der Waals surface area contributed by atoms with E-state index in [1.165, 1.54) is 0 Å². The Morgan fingerprint density at radius 1 is 1.27 bits per heavy atom. The maximum Gasteiger partial charge on any atom is 0.317 e. The number of carbonyl (C=O) groups excluding carboxylic acids is 1. The van der Waals surface area contributed by atoms with Gasteiger partial charge >= 0.3 is 6.03 Å². The normalized spacial score (nSPS) is 30.5. The summed E-state index contributed by atoms with van der Waals surface area (Å²) in [5, 5.41) is 3.02. The van der Waals surface area contributed by atoms with Gasteiger partial charge in [0.2, 0.25) is 0 Å². The van der Waals surface area contributed by atoms with Crippen LogP contribution in [0.3, 0.4) is 0 Å². The summed E-state index contributed by atoms with van der Waals surface area (Å²) >= 11 is 0. The summed E-state index contributed by atoms with van der Waals surface area (Å²) in [4.78, 5) is 14.1. The van der Waals surface area contributed by atoms with Crippen LogP contribution in [-0.4, -0.2) is 56.5 Å². The molecule has 1 aliphatic carbocycles. The van der Waals surface area contributed by atoms with Crippen molar-refractivity contribution in [2.45, 2.75) is 38.2 Å². The Balaban J connectivity index is 1.24. The number of hydrogen-bond acceptors (Lipinski definition) is 3. The van der Waals surface area contributed by atoms with E-state index < -0.39 is 0 Å². The molecule has 2 saturated heterocycles. The van der Waals surface area contributed by atoms with Crippen LogP contribution in [0.5, 0.6) is 0 Å². The summed E-state index contributed by atoms with van der Waals surface area (Å²) in [6.45, 7) is 4.77. The first-order valence-electron chi connectivity index (χ1n) is 8.70. The van der Waals surface area contributed by atoms with Gasteiger partial charge in [-0.15, -0.1) is 0 Å². The van der Waals surface area contributed by atoms with E-state index in [9.17, 15) is 4.79 Å². The average Bonchev–Trinajstić information content (AvgIpc) is 3.19. The molecule has 1 N–H and O–H groups in total. The van der Waals surface area contributed by atoms with Crippen LogP contribution in [0.4, 0.5) is 4.79 Å². The molecule has 0 unspecified atom stereocenters. The average molecular weight is 308 g/mol. The molecule has 2 heterocycles. The molecule has 2 fully saturated rings. The van der Waals surface area contributed by atoms with Crippen molar-refractivity contribution in [1.82, 2.24) is 10.2 Å². The number of ether oxygens (including phenoxy) is 2. The van der Waals surface area contributed by atoms with Crippen molar-refractivity contribution in [3.05, 3.63) is 12.2 Å². The zero-order valence-electron chi connectivity index (χ0n) is 13.3. The fourth-order valence-electron chi connectivity index (χ4n) is 3.65.